The Morgan fingerprint density at radius 3 is 2.50 bits per heavy atom. The Labute approximate surface area is 121 Å². The number of aliphatic hydroxyl groups excluding tert-OH is 2. The van der Waals surface area contributed by atoms with Crippen molar-refractivity contribution in [2.24, 2.45) is 0 Å². The van der Waals surface area contributed by atoms with Gasteiger partial charge in [0.1, 0.15) is 12.2 Å². The zero-order valence-corrected chi connectivity index (χ0v) is 11.6. The summed E-state index contributed by atoms with van der Waals surface area (Å²) in [5.74, 6) is 0.0290. The van der Waals surface area contributed by atoms with Crippen LogP contribution >= 0.6 is 11.8 Å². The lowest BCUT2D eigenvalue weighted by Crippen LogP contribution is -2.43. The smallest absolute Gasteiger partial charge is 0.179 e. The van der Waals surface area contributed by atoms with Gasteiger partial charge in [0.05, 0.1) is 0 Å². The van der Waals surface area contributed by atoms with E-state index in [0.29, 0.717) is 11.1 Å². The molecule has 2 nitrogen and oxygen atoms in total. The first kappa shape index (κ1) is 13.6. The van der Waals surface area contributed by atoms with E-state index in [9.17, 15) is 10.2 Å². The maximum Gasteiger partial charge on any atom is 0.179 e. The third-order valence-electron chi connectivity index (χ3n) is 3.69. The highest BCUT2D eigenvalue weighted by atomic mass is 32.2. The fourth-order valence-corrected chi connectivity index (χ4v) is 3.72. The van der Waals surface area contributed by atoms with Gasteiger partial charge in [-0.1, -0.05) is 48.5 Å². The Bertz CT molecular complexity index is 604. The van der Waals surface area contributed by atoms with E-state index in [0.717, 1.165) is 4.90 Å². The van der Waals surface area contributed by atoms with Crippen LogP contribution in [0.1, 0.15) is 23.3 Å². The zero-order chi connectivity index (χ0) is 14.2. The van der Waals surface area contributed by atoms with Crippen LogP contribution in [0.3, 0.4) is 0 Å². The first-order chi connectivity index (χ1) is 9.63. The molecule has 0 saturated carbocycles. The SMILES string of the molecule is O[C@@H](c1ccccc1)[C@@]1(F)CSc2ccccc2[C@@H]1O. The molecule has 0 aliphatic carbocycles. The minimum atomic E-state index is -2.08. The normalized spacial score (nSPS) is 26.9. The fraction of sp³-hybridized carbons (Fsp3) is 0.250. The fourth-order valence-electron chi connectivity index (χ4n) is 2.50. The molecule has 0 saturated heterocycles. The van der Waals surface area contributed by atoms with E-state index in [1.54, 1.807) is 36.4 Å². The Hall–Kier alpha value is -1.36. The van der Waals surface area contributed by atoms with Crippen LogP contribution in [0.4, 0.5) is 4.39 Å². The molecule has 0 bridgehead atoms. The standard InChI is InChI=1S/C16H15FO2S/c17-16(14(18)11-6-2-1-3-7-11)10-20-13-9-5-4-8-12(13)15(16)19/h1-9,14-15,18-19H,10H2/t14-,15-,16-/m0/s1. The molecule has 1 aliphatic rings. The molecule has 1 heterocycles. The molecule has 0 spiro atoms. The van der Waals surface area contributed by atoms with Gasteiger partial charge in [-0.05, 0) is 17.2 Å². The maximum atomic E-state index is 15.2. The van der Waals surface area contributed by atoms with Crippen LogP contribution in [0, 0.1) is 0 Å². The van der Waals surface area contributed by atoms with Gasteiger partial charge in [0.15, 0.2) is 5.67 Å². The lowest BCUT2D eigenvalue weighted by molar-refractivity contribution is -0.0846. The quantitative estimate of drug-likeness (QED) is 0.892. The number of fused-ring (bicyclic) bond motifs is 1. The molecule has 2 aromatic carbocycles. The van der Waals surface area contributed by atoms with E-state index in [1.807, 2.05) is 18.2 Å². The molecule has 3 atom stereocenters. The monoisotopic (exact) mass is 290 g/mol. The maximum absolute atomic E-state index is 15.2. The van der Waals surface area contributed by atoms with Gasteiger partial charge in [-0.25, -0.2) is 4.39 Å². The topological polar surface area (TPSA) is 40.5 Å². The summed E-state index contributed by atoms with van der Waals surface area (Å²) < 4.78 is 15.2. The second kappa shape index (κ2) is 5.20. The van der Waals surface area contributed by atoms with E-state index in [-0.39, 0.29) is 5.75 Å². The molecule has 0 aromatic heterocycles. The Balaban J connectivity index is 1.98. The first-order valence-electron chi connectivity index (χ1n) is 6.44. The van der Waals surface area contributed by atoms with Crippen molar-refractivity contribution in [3.63, 3.8) is 0 Å². The summed E-state index contributed by atoms with van der Waals surface area (Å²) in [6.07, 6.45) is -2.67. The lowest BCUT2D eigenvalue weighted by Gasteiger charge is -2.38. The van der Waals surface area contributed by atoms with Crippen molar-refractivity contribution in [3.8, 4) is 0 Å². The Kier molecular flexibility index (Phi) is 3.54. The van der Waals surface area contributed by atoms with Crippen molar-refractivity contribution < 1.29 is 14.6 Å². The largest absolute Gasteiger partial charge is 0.385 e. The van der Waals surface area contributed by atoms with Crippen LogP contribution in [0.2, 0.25) is 0 Å². The second-order valence-corrected chi connectivity index (χ2v) is 5.99. The molecule has 0 unspecified atom stereocenters. The van der Waals surface area contributed by atoms with Gasteiger partial charge in [0.2, 0.25) is 0 Å². The number of aliphatic hydroxyl groups is 2. The summed E-state index contributed by atoms with van der Waals surface area (Å²) in [7, 11) is 0. The molecule has 0 radical (unpaired) electrons. The number of rotatable bonds is 2. The van der Waals surface area contributed by atoms with Crippen molar-refractivity contribution >= 4 is 11.8 Å². The first-order valence-corrected chi connectivity index (χ1v) is 7.43. The number of alkyl halides is 1. The van der Waals surface area contributed by atoms with Crippen molar-refractivity contribution in [1.29, 1.82) is 0 Å². The number of hydrogen-bond acceptors (Lipinski definition) is 3. The molecular weight excluding hydrogens is 275 g/mol. The summed E-state index contributed by atoms with van der Waals surface area (Å²) in [6.45, 7) is 0. The molecule has 4 heteroatoms. The number of halogens is 1. The van der Waals surface area contributed by atoms with Gasteiger partial charge in [-0.2, -0.15) is 0 Å². The predicted octanol–water partition coefficient (Wildman–Crippen LogP) is 3.27. The van der Waals surface area contributed by atoms with Gasteiger partial charge >= 0.3 is 0 Å². The second-order valence-electron chi connectivity index (χ2n) is 4.97. The number of benzene rings is 2. The molecule has 0 amide bonds. The predicted molar refractivity (Wildman–Crippen MR) is 77.4 cm³/mol. The van der Waals surface area contributed by atoms with Gasteiger partial charge < -0.3 is 10.2 Å². The van der Waals surface area contributed by atoms with E-state index >= 15 is 4.39 Å². The molecular formula is C16H15FO2S. The van der Waals surface area contributed by atoms with Crippen molar-refractivity contribution in [1.82, 2.24) is 0 Å². The van der Waals surface area contributed by atoms with Gasteiger partial charge in [-0.3, -0.25) is 0 Å². The van der Waals surface area contributed by atoms with E-state index in [2.05, 4.69) is 0 Å². The van der Waals surface area contributed by atoms with Crippen LogP contribution in [-0.2, 0) is 0 Å². The van der Waals surface area contributed by atoms with Crippen molar-refractivity contribution in [2.75, 3.05) is 5.75 Å². The van der Waals surface area contributed by atoms with Crippen LogP contribution in [0.5, 0.6) is 0 Å². The summed E-state index contributed by atoms with van der Waals surface area (Å²) in [5.41, 5.74) is -1.06. The Morgan fingerprint density at radius 1 is 1.10 bits per heavy atom. The third kappa shape index (κ3) is 2.14. The molecule has 2 N–H and O–H groups in total. The van der Waals surface area contributed by atoms with Crippen molar-refractivity contribution in [2.45, 2.75) is 22.8 Å². The van der Waals surface area contributed by atoms with Gasteiger partial charge in [0, 0.05) is 10.6 Å². The Morgan fingerprint density at radius 2 is 1.75 bits per heavy atom. The number of thioether (sulfide) groups is 1. The molecule has 20 heavy (non-hydrogen) atoms. The summed E-state index contributed by atoms with van der Waals surface area (Å²) in [4.78, 5) is 0.869. The summed E-state index contributed by atoms with van der Waals surface area (Å²) in [6, 6.07) is 15.8. The van der Waals surface area contributed by atoms with Gasteiger partial charge in [0.25, 0.3) is 0 Å². The average Bonchev–Trinajstić information content (AvgIpc) is 2.51. The van der Waals surface area contributed by atoms with Crippen molar-refractivity contribution in [3.05, 3.63) is 65.7 Å². The highest BCUT2D eigenvalue weighted by Crippen LogP contribution is 2.49. The van der Waals surface area contributed by atoms with Crippen LogP contribution in [-0.4, -0.2) is 21.6 Å². The third-order valence-corrected chi connectivity index (χ3v) is 4.96. The van der Waals surface area contributed by atoms with Crippen LogP contribution in [0.25, 0.3) is 0 Å². The molecule has 104 valence electrons. The van der Waals surface area contributed by atoms with Crippen LogP contribution < -0.4 is 0 Å². The molecule has 2 aromatic rings. The zero-order valence-electron chi connectivity index (χ0n) is 10.7. The molecule has 1 aliphatic heterocycles. The number of hydrogen-bond donors (Lipinski definition) is 2. The molecule has 3 rings (SSSR count). The lowest BCUT2D eigenvalue weighted by atomic mass is 9.85. The van der Waals surface area contributed by atoms with E-state index < -0.39 is 17.9 Å². The summed E-state index contributed by atoms with van der Waals surface area (Å²) >= 11 is 1.33. The van der Waals surface area contributed by atoms with E-state index in [1.165, 1.54) is 11.8 Å². The van der Waals surface area contributed by atoms with Gasteiger partial charge in [-0.15, -0.1) is 11.8 Å². The average molecular weight is 290 g/mol. The minimum Gasteiger partial charge on any atom is -0.385 e. The van der Waals surface area contributed by atoms with E-state index in [4.69, 9.17) is 0 Å². The molecule has 0 fully saturated rings. The minimum absolute atomic E-state index is 0.0290. The highest BCUT2D eigenvalue weighted by Gasteiger charge is 2.49. The van der Waals surface area contributed by atoms with Crippen LogP contribution in [0.15, 0.2) is 59.5 Å². The summed E-state index contributed by atoms with van der Waals surface area (Å²) in [5, 5.41) is 20.7. The highest BCUT2D eigenvalue weighted by molar-refractivity contribution is 7.99.